The van der Waals surface area contributed by atoms with E-state index in [1.54, 1.807) is 18.4 Å². The highest BCUT2D eigenvalue weighted by Crippen LogP contribution is 2.11. The second-order valence-electron chi connectivity index (χ2n) is 7.88. The summed E-state index contributed by atoms with van der Waals surface area (Å²) < 4.78 is 0. The lowest BCUT2D eigenvalue weighted by atomic mass is 10.0. The first-order valence-corrected chi connectivity index (χ1v) is 12.5. The van der Waals surface area contributed by atoms with Crippen LogP contribution in [-0.4, -0.2) is 88.9 Å². The van der Waals surface area contributed by atoms with Crippen molar-refractivity contribution in [2.45, 2.75) is 37.4 Å². The van der Waals surface area contributed by atoms with Crippen LogP contribution in [0.5, 0.6) is 5.75 Å². The monoisotopic (exact) mass is 540 g/mol. The number of phenolic OH excluding ortho intramolecular Hbond substituents is 1. The summed E-state index contributed by atoms with van der Waals surface area (Å²) in [7, 11) is 0. The predicted molar refractivity (Wildman–Crippen MR) is 134 cm³/mol. The fourth-order valence-corrected chi connectivity index (χ4v) is 3.52. The highest BCUT2D eigenvalue weighted by atomic mass is 32.2. The first-order valence-electron chi connectivity index (χ1n) is 11.1. The van der Waals surface area contributed by atoms with Gasteiger partial charge >= 0.3 is 5.97 Å². The number of primary amides is 1. The van der Waals surface area contributed by atoms with Gasteiger partial charge in [0, 0.05) is 6.42 Å². The van der Waals surface area contributed by atoms with Crippen molar-refractivity contribution in [2.24, 2.45) is 11.5 Å². The van der Waals surface area contributed by atoms with Gasteiger partial charge in [0.25, 0.3) is 0 Å². The van der Waals surface area contributed by atoms with Gasteiger partial charge in [0.1, 0.15) is 23.9 Å². The van der Waals surface area contributed by atoms with Gasteiger partial charge in [0.05, 0.1) is 19.5 Å². The van der Waals surface area contributed by atoms with Crippen LogP contribution in [0.4, 0.5) is 0 Å². The molecule has 0 aliphatic heterocycles. The maximum atomic E-state index is 12.7. The molecular weight excluding hydrogens is 508 g/mol. The number of aromatic hydroxyl groups is 1. The van der Waals surface area contributed by atoms with Crippen molar-refractivity contribution in [2.75, 3.05) is 25.1 Å². The van der Waals surface area contributed by atoms with Gasteiger partial charge < -0.3 is 42.9 Å². The Morgan fingerprint density at radius 3 is 2.08 bits per heavy atom. The number of phenols is 1. The van der Waals surface area contributed by atoms with E-state index in [0.29, 0.717) is 11.3 Å². The second-order valence-corrected chi connectivity index (χ2v) is 8.87. The molecule has 0 unspecified atom stereocenters. The summed E-state index contributed by atoms with van der Waals surface area (Å²) in [6, 6.07) is 2.18. The van der Waals surface area contributed by atoms with E-state index in [0.717, 1.165) is 0 Å². The standard InChI is InChI=1S/C22H32N6O8S/c1-37-7-6-14(21(34)28-16(22(35)36)9-17(24)30)26-19(32)11-25-20(33)15(27-18(31)10-23)8-12-2-4-13(29)5-3-12/h2-5,14-16,29H,6-11,23H2,1H3,(H2,24,30)(H,25,33)(H,26,32)(H,27,31)(H,28,34)(H,35,36)/t14-,15-,16-/m0/s1. The van der Waals surface area contributed by atoms with E-state index in [1.165, 1.54) is 23.9 Å². The van der Waals surface area contributed by atoms with E-state index in [-0.39, 0.29) is 25.1 Å². The molecular formula is C22H32N6O8S. The SMILES string of the molecule is CSCC[C@H](NC(=O)CNC(=O)[C@H](Cc1ccc(O)cc1)NC(=O)CN)C(=O)N[C@@H](CC(N)=O)C(=O)O. The van der Waals surface area contributed by atoms with Gasteiger partial charge in [0.15, 0.2) is 0 Å². The van der Waals surface area contributed by atoms with Crippen LogP contribution >= 0.6 is 11.8 Å². The van der Waals surface area contributed by atoms with Gasteiger partial charge in [-0.3, -0.25) is 24.0 Å². The summed E-state index contributed by atoms with van der Waals surface area (Å²) >= 11 is 1.38. The molecule has 1 rings (SSSR count). The van der Waals surface area contributed by atoms with Gasteiger partial charge in [-0.1, -0.05) is 12.1 Å². The number of carbonyl (C=O) groups is 6. The average Bonchev–Trinajstić information content (AvgIpc) is 2.84. The maximum absolute atomic E-state index is 12.7. The van der Waals surface area contributed by atoms with Crippen molar-refractivity contribution in [1.29, 1.82) is 0 Å². The minimum atomic E-state index is -1.56. The van der Waals surface area contributed by atoms with Gasteiger partial charge in [-0.05, 0) is 36.1 Å². The Kier molecular flexibility index (Phi) is 13.5. The number of nitrogens with one attached hydrogen (secondary N) is 4. The second kappa shape index (κ2) is 16.0. The highest BCUT2D eigenvalue weighted by molar-refractivity contribution is 7.98. The van der Waals surface area contributed by atoms with Gasteiger partial charge in [-0.15, -0.1) is 0 Å². The fourth-order valence-electron chi connectivity index (χ4n) is 3.04. The van der Waals surface area contributed by atoms with E-state index in [1.807, 2.05) is 0 Å². The molecule has 10 N–H and O–H groups in total. The van der Waals surface area contributed by atoms with Crippen molar-refractivity contribution < 1.29 is 39.0 Å². The summed E-state index contributed by atoms with van der Waals surface area (Å²) in [5.74, 6) is -4.79. The molecule has 3 atom stereocenters. The molecule has 5 amide bonds. The molecule has 37 heavy (non-hydrogen) atoms. The molecule has 0 saturated heterocycles. The van der Waals surface area contributed by atoms with Crippen LogP contribution in [0, 0.1) is 0 Å². The predicted octanol–water partition coefficient (Wildman–Crippen LogP) is -2.82. The largest absolute Gasteiger partial charge is 0.508 e. The van der Waals surface area contributed by atoms with E-state index in [2.05, 4.69) is 21.3 Å². The van der Waals surface area contributed by atoms with Crippen LogP contribution < -0.4 is 32.7 Å². The Morgan fingerprint density at radius 1 is 0.919 bits per heavy atom. The van der Waals surface area contributed by atoms with Crippen LogP contribution in [0.2, 0.25) is 0 Å². The number of nitrogens with two attached hydrogens (primary N) is 2. The third kappa shape index (κ3) is 12.1. The topological polar surface area (TPSA) is 243 Å². The number of carboxylic acid groups (broad SMARTS) is 1. The molecule has 14 nitrogen and oxygen atoms in total. The first kappa shape index (κ1) is 31.2. The van der Waals surface area contributed by atoms with E-state index >= 15 is 0 Å². The maximum Gasteiger partial charge on any atom is 0.326 e. The zero-order valence-corrected chi connectivity index (χ0v) is 21.0. The highest BCUT2D eigenvalue weighted by Gasteiger charge is 2.28. The Labute approximate surface area is 217 Å². The third-order valence-corrected chi connectivity index (χ3v) is 5.56. The van der Waals surface area contributed by atoms with Crippen LogP contribution in [0.15, 0.2) is 24.3 Å². The number of carboxylic acids is 1. The normalized spacial score (nSPS) is 12.9. The minimum Gasteiger partial charge on any atom is -0.508 e. The molecule has 15 heteroatoms. The molecule has 204 valence electrons. The minimum absolute atomic E-state index is 0.0248. The number of hydrogen-bond acceptors (Lipinski definition) is 9. The van der Waals surface area contributed by atoms with Gasteiger partial charge in [-0.25, -0.2) is 4.79 Å². The number of amides is 5. The summed E-state index contributed by atoms with van der Waals surface area (Å²) in [4.78, 5) is 71.9. The van der Waals surface area contributed by atoms with Crippen LogP contribution in [0.3, 0.4) is 0 Å². The number of aliphatic carboxylic acids is 1. The van der Waals surface area contributed by atoms with Gasteiger partial charge in [-0.2, -0.15) is 11.8 Å². The Hall–Kier alpha value is -3.85. The quantitative estimate of drug-likeness (QED) is 0.107. The molecule has 0 spiro atoms. The number of carbonyl (C=O) groups excluding carboxylic acids is 5. The zero-order valence-electron chi connectivity index (χ0n) is 20.2. The molecule has 0 radical (unpaired) electrons. The third-order valence-electron chi connectivity index (χ3n) is 4.92. The molecule has 1 aromatic carbocycles. The molecule has 0 bridgehead atoms. The molecule has 0 heterocycles. The molecule has 0 aliphatic rings. The Balaban J connectivity index is 2.82. The summed E-state index contributed by atoms with van der Waals surface area (Å²) in [5, 5.41) is 28.1. The van der Waals surface area contributed by atoms with Crippen molar-refractivity contribution in [3.05, 3.63) is 29.8 Å². The fraction of sp³-hybridized carbons (Fsp3) is 0.455. The van der Waals surface area contributed by atoms with Crippen molar-refractivity contribution in [1.82, 2.24) is 21.3 Å². The van der Waals surface area contributed by atoms with Crippen molar-refractivity contribution >= 4 is 47.3 Å². The lowest BCUT2D eigenvalue weighted by Gasteiger charge is -2.22. The Morgan fingerprint density at radius 2 is 1.54 bits per heavy atom. The summed E-state index contributed by atoms with van der Waals surface area (Å²) in [6.45, 7) is -0.907. The van der Waals surface area contributed by atoms with E-state index < -0.39 is 66.6 Å². The first-order chi connectivity index (χ1) is 17.5. The zero-order chi connectivity index (χ0) is 28.0. The molecule has 0 saturated carbocycles. The number of rotatable bonds is 16. The van der Waals surface area contributed by atoms with Crippen LogP contribution in [-0.2, 0) is 35.2 Å². The lowest BCUT2D eigenvalue weighted by Crippen LogP contribution is -2.55. The van der Waals surface area contributed by atoms with E-state index in [9.17, 15) is 39.0 Å². The number of benzene rings is 1. The molecule has 0 aliphatic carbocycles. The van der Waals surface area contributed by atoms with E-state index in [4.69, 9.17) is 11.5 Å². The summed E-state index contributed by atoms with van der Waals surface area (Å²) in [6.07, 6.45) is 1.34. The molecule has 0 aromatic heterocycles. The summed E-state index contributed by atoms with van der Waals surface area (Å²) in [5.41, 5.74) is 11.0. The van der Waals surface area contributed by atoms with Crippen molar-refractivity contribution in [3.63, 3.8) is 0 Å². The number of thioether (sulfide) groups is 1. The molecule has 1 aromatic rings. The smallest absolute Gasteiger partial charge is 0.326 e. The number of hydrogen-bond donors (Lipinski definition) is 8. The average molecular weight is 541 g/mol. The van der Waals surface area contributed by atoms with Gasteiger partial charge in [0.2, 0.25) is 29.5 Å². The Bertz CT molecular complexity index is 974. The van der Waals surface area contributed by atoms with Crippen LogP contribution in [0.1, 0.15) is 18.4 Å². The molecule has 0 fully saturated rings. The lowest BCUT2D eigenvalue weighted by molar-refractivity contribution is -0.143. The van der Waals surface area contributed by atoms with Crippen molar-refractivity contribution in [3.8, 4) is 5.75 Å². The van der Waals surface area contributed by atoms with Crippen LogP contribution in [0.25, 0.3) is 0 Å².